The van der Waals surface area contributed by atoms with Crippen molar-refractivity contribution in [2.24, 2.45) is 5.41 Å². The van der Waals surface area contributed by atoms with Crippen molar-refractivity contribution >= 4 is 35.5 Å². The van der Waals surface area contributed by atoms with Gasteiger partial charge in [-0.05, 0) is 13.0 Å². The van der Waals surface area contributed by atoms with Crippen LogP contribution >= 0.6 is 11.6 Å². The highest BCUT2D eigenvalue weighted by molar-refractivity contribution is 6.31. The van der Waals surface area contributed by atoms with E-state index in [1.165, 1.54) is 24.1 Å². The quantitative estimate of drug-likeness (QED) is 0.354. The maximum absolute atomic E-state index is 13.1. The molecule has 0 saturated heterocycles. The second kappa shape index (κ2) is 9.61. The summed E-state index contributed by atoms with van der Waals surface area (Å²) in [5.74, 6) is -1.41. The summed E-state index contributed by atoms with van der Waals surface area (Å²) < 4.78 is 43.0. The summed E-state index contributed by atoms with van der Waals surface area (Å²) in [5, 5.41) is 13.1. The van der Waals surface area contributed by atoms with Crippen LogP contribution in [0, 0.1) is 10.8 Å². The molecule has 3 rings (SSSR count). The first-order valence-electron chi connectivity index (χ1n) is 10.3. The molecule has 0 fully saturated rings. The summed E-state index contributed by atoms with van der Waals surface area (Å²) in [6.45, 7) is 1.71. The summed E-state index contributed by atoms with van der Waals surface area (Å²) in [6, 6.07) is 0.673. The van der Waals surface area contributed by atoms with Gasteiger partial charge in [-0.1, -0.05) is 11.6 Å². The van der Waals surface area contributed by atoms with Crippen LogP contribution in [-0.2, 0) is 16.1 Å². The van der Waals surface area contributed by atoms with Crippen LogP contribution in [0.4, 0.5) is 13.2 Å². The number of aromatic nitrogens is 1. The molecular weight excluding hydrogens is 479 g/mol. The Kier molecular flexibility index (Phi) is 7.20. The summed E-state index contributed by atoms with van der Waals surface area (Å²) in [6.07, 6.45) is -2.29. The highest BCUT2D eigenvalue weighted by Crippen LogP contribution is 2.52. The Morgan fingerprint density at radius 1 is 1.38 bits per heavy atom. The van der Waals surface area contributed by atoms with Crippen LogP contribution in [0.15, 0.2) is 23.1 Å². The van der Waals surface area contributed by atoms with Gasteiger partial charge in [-0.25, -0.2) is 0 Å². The minimum absolute atomic E-state index is 0.0304. The Hall–Kier alpha value is -3.15. The number of hydrogen-bond acceptors (Lipinski definition) is 6. The van der Waals surface area contributed by atoms with Crippen molar-refractivity contribution in [2.75, 3.05) is 19.7 Å². The molecule has 0 saturated carbocycles. The molecule has 13 heteroatoms. The van der Waals surface area contributed by atoms with E-state index in [1.54, 1.807) is 6.92 Å². The van der Waals surface area contributed by atoms with Crippen molar-refractivity contribution in [3.8, 4) is 0 Å². The Balaban J connectivity index is 1.79. The lowest BCUT2D eigenvalue weighted by Crippen LogP contribution is -2.53. The minimum atomic E-state index is -4.59. The molecule has 1 aliphatic carbocycles. The van der Waals surface area contributed by atoms with Crippen molar-refractivity contribution < 1.29 is 32.3 Å². The first kappa shape index (κ1) is 25.5. The molecule has 1 aromatic rings. The van der Waals surface area contributed by atoms with Crippen LogP contribution in [0.25, 0.3) is 0 Å². The zero-order valence-corrected chi connectivity index (χ0v) is 19.1. The SMILES string of the molecule is CC(=O)NCCNC(=O)c1nccc2c1CN(C(C)C1(C=N)CC(Cl)=C1OCC(F)(F)F)C2=O. The highest BCUT2D eigenvalue weighted by Gasteiger charge is 2.54. The van der Waals surface area contributed by atoms with Gasteiger partial charge in [0.1, 0.15) is 11.5 Å². The number of hydrogen-bond donors (Lipinski definition) is 3. The summed E-state index contributed by atoms with van der Waals surface area (Å²) >= 11 is 6.02. The van der Waals surface area contributed by atoms with Gasteiger partial charge in [0.05, 0.1) is 10.4 Å². The standard InChI is InChI=1S/C21H23ClF3N5O4/c1-11(20(9-26)7-15(22)17(20)34-10-21(23,24)25)30-8-14-13(19(30)33)3-4-28-16(14)18(32)29-6-5-27-12(2)31/h3-4,9,11,26H,5-8,10H2,1-2H3,(H,27,31)(H,29,32). The number of ether oxygens (including phenoxy) is 1. The van der Waals surface area contributed by atoms with E-state index in [0.717, 1.165) is 6.21 Å². The van der Waals surface area contributed by atoms with E-state index in [4.69, 9.17) is 21.7 Å². The molecule has 0 bridgehead atoms. The maximum Gasteiger partial charge on any atom is 0.422 e. The van der Waals surface area contributed by atoms with E-state index in [9.17, 15) is 27.6 Å². The number of amides is 3. The lowest BCUT2D eigenvalue weighted by molar-refractivity contribution is -0.170. The monoisotopic (exact) mass is 501 g/mol. The molecule has 0 spiro atoms. The molecule has 9 nitrogen and oxygen atoms in total. The van der Waals surface area contributed by atoms with Gasteiger partial charge in [-0.3, -0.25) is 19.4 Å². The van der Waals surface area contributed by atoms with E-state index < -0.39 is 36.1 Å². The first-order valence-corrected chi connectivity index (χ1v) is 10.7. The predicted octanol–water partition coefficient (Wildman–Crippen LogP) is 2.36. The topological polar surface area (TPSA) is 124 Å². The van der Waals surface area contributed by atoms with Crippen LogP contribution in [0.3, 0.4) is 0 Å². The number of rotatable bonds is 9. The van der Waals surface area contributed by atoms with Crippen molar-refractivity contribution in [3.63, 3.8) is 0 Å². The minimum Gasteiger partial charge on any atom is -0.486 e. The fourth-order valence-electron chi connectivity index (χ4n) is 4.04. The number of nitrogens with one attached hydrogen (secondary N) is 3. The fraction of sp³-hybridized carbons (Fsp3) is 0.476. The lowest BCUT2D eigenvalue weighted by Gasteiger charge is -2.47. The highest BCUT2D eigenvalue weighted by atomic mass is 35.5. The summed E-state index contributed by atoms with van der Waals surface area (Å²) in [7, 11) is 0. The number of nitrogens with zero attached hydrogens (tertiary/aromatic N) is 2. The number of pyridine rings is 1. The van der Waals surface area contributed by atoms with Gasteiger partial charge in [0.2, 0.25) is 5.91 Å². The van der Waals surface area contributed by atoms with Gasteiger partial charge in [-0.15, -0.1) is 0 Å². The van der Waals surface area contributed by atoms with Crippen LogP contribution < -0.4 is 10.6 Å². The molecular formula is C21H23ClF3N5O4. The van der Waals surface area contributed by atoms with Crippen LogP contribution in [-0.4, -0.2) is 65.7 Å². The van der Waals surface area contributed by atoms with Crippen molar-refractivity contribution in [3.05, 3.63) is 39.9 Å². The molecule has 184 valence electrons. The van der Waals surface area contributed by atoms with Crippen LogP contribution in [0.5, 0.6) is 0 Å². The van der Waals surface area contributed by atoms with E-state index in [1.807, 2.05) is 0 Å². The Labute approximate surface area is 198 Å². The van der Waals surface area contributed by atoms with E-state index in [0.29, 0.717) is 5.56 Å². The van der Waals surface area contributed by atoms with Gasteiger partial charge in [-0.2, -0.15) is 13.2 Å². The molecule has 3 N–H and O–H groups in total. The van der Waals surface area contributed by atoms with E-state index >= 15 is 0 Å². The van der Waals surface area contributed by atoms with Crippen molar-refractivity contribution in [1.29, 1.82) is 5.41 Å². The maximum atomic E-state index is 13.1. The second-order valence-corrected chi connectivity index (χ2v) is 8.49. The number of fused-ring (bicyclic) bond motifs is 1. The number of allylic oxidation sites excluding steroid dienone is 1. The third kappa shape index (κ3) is 4.86. The molecule has 2 heterocycles. The molecule has 2 aliphatic rings. The Bertz CT molecular complexity index is 1060. The number of halogens is 4. The zero-order chi connectivity index (χ0) is 25.3. The van der Waals surface area contributed by atoms with Gasteiger partial charge in [0.25, 0.3) is 11.8 Å². The van der Waals surface area contributed by atoms with E-state index in [2.05, 4.69) is 15.6 Å². The summed E-state index contributed by atoms with van der Waals surface area (Å²) in [5.41, 5.74) is -0.693. The zero-order valence-electron chi connectivity index (χ0n) is 18.4. The molecule has 0 aromatic carbocycles. The normalized spacial score (nSPS) is 20.4. The molecule has 1 aliphatic heterocycles. The van der Waals surface area contributed by atoms with E-state index in [-0.39, 0.29) is 54.0 Å². The van der Waals surface area contributed by atoms with Crippen LogP contribution in [0.2, 0.25) is 0 Å². The molecule has 1 aromatic heterocycles. The van der Waals surface area contributed by atoms with Crippen molar-refractivity contribution in [1.82, 2.24) is 20.5 Å². The fourth-order valence-corrected chi connectivity index (χ4v) is 4.49. The van der Waals surface area contributed by atoms with Crippen LogP contribution in [0.1, 0.15) is 46.7 Å². The number of alkyl halides is 3. The van der Waals surface area contributed by atoms with Gasteiger partial charge < -0.3 is 25.7 Å². The predicted molar refractivity (Wildman–Crippen MR) is 115 cm³/mol. The largest absolute Gasteiger partial charge is 0.486 e. The molecule has 34 heavy (non-hydrogen) atoms. The average Bonchev–Trinajstić information content (AvgIpc) is 3.09. The number of carbonyl (C=O) groups excluding carboxylic acids is 3. The smallest absolute Gasteiger partial charge is 0.422 e. The number of carbonyl (C=O) groups is 3. The third-order valence-corrected chi connectivity index (χ3v) is 6.15. The van der Waals surface area contributed by atoms with Crippen molar-refractivity contribution in [2.45, 2.75) is 39.0 Å². The van der Waals surface area contributed by atoms with Gasteiger partial charge in [0.15, 0.2) is 6.61 Å². The Morgan fingerprint density at radius 2 is 2.06 bits per heavy atom. The van der Waals surface area contributed by atoms with Gasteiger partial charge >= 0.3 is 6.18 Å². The Morgan fingerprint density at radius 3 is 2.65 bits per heavy atom. The molecule has 3 amide bonds. The average molecular weight is 502 g/mol. The molecule has 2 unspecified atom stereocenters. The summed E-state index contributed by atoms with van der Waals surface area (Å²) in [4.78, 5) is 42.2. The first-order chi connectivity index (χ1) is 15.9. The lowest BCUT2D eigenvalue weighted by atomic mass is 9.69. The third-order valence-electron chi connectivity index (χ3n) is 5.84. The molecule has 0 radical (unpaired) electrons. The second-order valence-electron chi connectivity index (χ2n) is 8.03. The van der Waals surface area contributed by atoms with Gasteiger partial charge in [0, 0.05) is 62.6 Å². The molecule has 2 atom stereocenters.